The van der Waals surface area contributed by atoms with Crippen molar-refractivity contribution in [1.29, 1.82) is 0 Å². The van der Waals surface area contributed by atoms with Gasteiger partial charge in [0.2, 0.25) is 0 Å². The fourth-order valence-electron chi connectivity index (χ4n) is 1.60. The molecular formula is C11H6O4. The third-order valence-corrected chi connectivity index (χ3v) is 2.30. The highest BCUT2D eigenvalue weighted by Gasteiger charge is 2.07. The van der Waals surface area contributed by atoms with Gasteiger partial charge in [0.15, 0.2) is 0 Å². The lowest BCUT2D eigenvalue weighted by atomic mass is 10.1. The smallest absolute Gasteiger partial charge is 0.339 e. The van der Waals surface area contributed by atoms with Crippen LogP contribution >= 0.6 is 0 Å². The van der Waals surface area contributed by atoms with Gasteiger partial charge in [-0.15, -0.1) is 0 Å². The van der Waals surface area contributed by atoms with Crippen LogP contribution in [-0.4, -0.2) is 5.11 Å². The predicted octanol–water partition coefficient (Wildman–Crippen LogP) is 2.24. The van der Waals surface area contributed by atoms with Gasteiger partial charge >= 0.3 is 5.63 Å². The summed E-state index contributed by atoms with van der Waals surface area (Å²) in [5.74, 6) is -0.0793. The molecule has 2 aromatic heterocycles. The molecule has 15 heavy (non-hydrogen) atoms. The molecule has 0 saturated heterocycles. The number of furan rings is 1. The van der Waals surface area contributed by atoms with Gasteiger partial charge in [0.25, 0.3) is 0 Å². The Kier molecular flexibility index (Phi) is 1.42. The van der Waals surface area contributed by atoms with E-state index in [4.69, 9.17) is 8.83 Å². The van der Waals surface area contributed by atoms with Crippen LogP contribution in [0.1, 0.15) is 0 Å². The molecule has 3 rings (SSSR count). The van der Waals surface area contributed by atoms with Crippen LogP contribution in [0.3, 0.4) is 0 Å². The zero-order valence-electron chi connectivity index (χ0n) is 7.56. The van der Waals surface area contributed by atoms with E-state index in [0.29, 0.717) is 16.6 Å². The number of rotatable bonds is 0. The summed E-state index contributed by atoms with van der Waals surface area (Å²) in [4.78, 5) is 11.0. The molecule has 0 bridgehead atoms. The van der Waals surface area contributed by atoms with Crippen molar-refractivity contribution in [3.63, 3.8) is 0 Å². The minimum atomic E-state index is -0.578. The Labute approximate surface area is 83.3 Å². The Morgan fingerprint density at radius 1 is 1.13 bits per heavy atom. The van der Waals surface area contributed by atoms with E-state index in [-0.39, 0.29) is 5.75 Å². The van der Waals surface area contributed by atoms with E-state index in [1.807, 2.05) is 0 Å². The molecule has 74 valence electrons. The average Bonchev–Trinajstić information content (AvgIpc) is 2.61. The highest BCUT2D eigenvalue weighted by Crippen LogP contribution is 2.27. The number of hydrogen-bond donors (Lipinski definition) is 1. The van der Waals surface area contributed by atoms with Gasteiger partial charge in [0.1, 0.15) is 16.9 Å². The lowest BCUT2D eigenvalue weighted by molar-refractivity contribution is 0.468. The summed E-state index contributed by atoms with van der Waals surface area (Å²) in [6.45, 7) is 0. The Hall–Kier alpha value is -2.23. The average molecular weight is 202 g/mol. The minimum absolute atomic E-state index is 0.0793. The molecule has 0 atom stereocenters. The predicted molar refractivity (Wildman–Crippen MR) is 53.9 cm³/mol. The van der Waals surface area contributed by atoms with Crippen LogP contribution < -0.4 is 5.63 Å². The second kappa shape index (κ2) is 2.63. The molecule has 0 unspecified atom stereocenters. The summed E-state index contributed by atoms with van der Waals surface area (Å²) in [7, 11) is 0. The van der Waals surface area contributed by atoms with Crippen molar-refractivity contribution in [3.05, 3.63) is 40.9 Å². The van der Waals surface area contributed by atoms with Crippen molar-refractivity contribution in [3.8, 4) is 5.75 Å². The maximum absolute atomic E-state index is 11.0. The van der Waals surface area contributed by atoms with Crippen molar-refractivity contribution >= 4 is 21.9 Å². The maximum atomic E-state index is 11.0. The largest absolute Gasteiger partial charge is 0.507 e. The first kappa shape index (κ1) is 8.11. The number of hydrogen-bond acceptors (Lipinski definition) is 4. The topological polar surface area (TPSA) is 63.6 Å². The first-order chi connectivity index (χ1) is 7.24. The minimum Gasteiger partial charge on any atom is -0.507 e. The molecule has 1 N–H and O–H groups in total. The molecule has 0 fully saturated rings. The standard InChI is InChI=1S/C11H6O4/c12-8-4-11(13)15-10-5-9-6(1-2-14-9)3-7(8)10/h1-5,12H. The third-order valence-electron chi connectivity index (χ3n) is 2.30. The molecule has 0 aliphatic heterocycles. The highest BCUT2D eigenvalue weighted by atomic mass is 16.4. The Morgan fingerprint density at radius 2 is 2.00 bits per heavy atom. The molecule has 0 radical (unpaired) electrons. The monoisotopic (exact) mass is 202 g/mol. The second-order valence-corrected chi connectivity index (χ2v) is 3.26. The maximum Gasteiger partial charge on any atom is 0.339 e. The van der Waals surface area contributed by atoms with E-state index in [1.54, 1.807) is 24.5 Å². The van der Waals surface area contributed by atoms with Gasteiger partial charge in [-0.1, -0.05) is 0 Å². The van der Waals surface area contributed by atoms with Crippen LogP contribution in [0.4, 0.5) is 0 Å². The Balaban J connectivity index is 2.59. The molecule has 1 aromatic carbocycles. The molecule has 0 aliphatic rings. The summed E-state index contributed by atoms with van der Waals surface area (Å²) in [5, 5.41) is 10.9. The molecule has 0 saturated carbocycles. The van der Waals surface area contributed by atoms with E-state index in [1.165, 1.54) is 0 Å². The van der Waals surface area contributed by atoms with E-state index in [0.717, 1.165) is 11.5 Å². The first-order valence-corrected chi connectivity index (χ1v) is 4.38. The zero-order chi connectivity index (χ0) is 10.4. The first-order valence-electron chi connectivity index (χ1n) is 4.38. The van der Waals surface area contributed by atoms with Crippen molar-refractivity contribution < 1.29 is 13.9 Å². The number of benzene rings is 1. The molecule has 0 aliphatic carbocycles. The fraction of sp³-hybridized carbons (Fsp3) is 0. The normalized spacial score (nSPS) is 11.2. The van der Waals surface area contributed by atoms with Crippen LogP contribution in [0.25, 0.3) is 21.9 Å². The summed E-state index contributed by atoms with van der Waals surface area (Å²) in [5.41, 5.74) is 0.365. The van der Waals surface area contributed by atoms with Gasteiger partial charge in [-0.25, -0.2) is 4.79 Å². The van der Waals surface area contributed by atoms with Gasteiger partial charge < -0.3 is 13.9 Å². The molecule has 0 amide bonds. The zero-order valence-corrected chi connectivity index (χ0v) is 7.56. The van der Waals surface area contributed by atoms with Gasteiger partial charge in [0, 0.05) is 11.5 Å². The lowest BCUT2D eigenvalue weighted by Crippen LogP contribution is -1.94. The third kappa shape index (κ3) is 1.11. The van der Waals surface area contributed by atoms with Gasteiger partial charge in [-0.05, 0) is 12.1 Å². The Morgan fingerprint density at radius 3 is 2.87 bits per heavy atom. The van der Waals surface area contributed by atoms with Crippen LogP contribution in [-0.2, 0) is 0 Å². The van der Waals surface area contributed by atoms with Crippen LogP contribution in [0.15, 0.2) is 44.2 Å². The van der Waals surface area contributed by atoms with Crippen molar-refractivity contribution in [2.24, 2.45) is 0 Å². The van der Waals surface area contributed by atoms with Gasteiger partial charge in [0.05, 0.1) is 17.7 Å². The molecule has 4 nitrogen and oxygen atoms in total. The Bertz CT molecular complexity index is 705. The van der Waals surface area contributed by atoms with Crippen molar-refractivity contribution in [2.45, 2.75) is 0 Å². The van der Waals surface area contributed by atoms with Crippen LogP contribution in [0, 0.1) is 0 Å². The lowest BCUT2D eigenvalue weighted by Gasteiger charge is -1.98. The number of aromatic hydroxyl groups is 1. The second-order valence-electron chi connectivity index (χ2n) is 3.26. The highest BCUT2D eigenvalue weighted by molar-refractivity contribution is 5.95. The SMILES string of the molecule is O=c1cc(O)c2cc3ccoc3cc2o1. The van der Waals surface area contributed by atoms with Crippen molar-refractivity contribution in [1.82, 2.24) is 0 Å². The van der Waals surface area contributed by atoms with E-state index < -0.39 is 5.63 Å². The fourth-order valence-corrected chi connectivity index (χ4v) is 1.60. The molecule has 3 aromatic rings. The van der Waals surface area contributed by atoms with Crippen LogP contribution in [0.2, 0.25) is 0 Å². The van der Waals surface area contributed by atoms with Crippen molar-refractivity contribution in [2.75, 3.05) is 0 Å². The molecular weight excluding hydrogens is 196 g/mol. The summed E-state index contributed by atoms with van der Waals surface area (Å²) >= 11 is 0. The van der Waals surface area contributed by atoms with Crippen LogP contribution in [0.5, 0.6) is 5.75 Å². The molecule has 4 heteroatoms. The summed E-state index contributed by atoms with van der Waals surface area (Å²) in [6.07, 6.45) is 1.54. The van der Waals surface area contributed by atoms with E-state index in [2.05, 4.69) is 0 Å². The molecule has 2 heterocycles. The summed E-state index contributed by atoms with van der Waals surface area (Å²) < 4.78 is 10.1. The molecule has 0 spiro atoms. The summed E-state index contributed by atoms with van der Waals surface area (Å²) in [6, 6.07) is 6.13. The quantitative estimate of drug-likeness (QED) is 0.568. The van der Waals surface area contributed by atoms with E-state index >= 15 is 0 Å². The van der Waals surface area contributed by atoms with Gasteiger partial charge in [-0.2, -0.15) is 0 Å². The van der Waals surface area contributed by atoms with Gasteiger partial charge in [-0.3, -0.25) is 0 Å². The number of fused-ring (bicyclic) bond motifs is 2. The van der Waals surface area contributed by atoms with E-state index in [9.17, 15) is 9.90 Å².